The van der Waals surface area contributed by atoms with Crippen molar-refractivity contribution < 1.29 is 19.1 Å². The first-order chi connectivity index (χ1) is 15.5. The number of hydrogen-bond donors (Lipinski definition) is 1. The highest BCUT2D eigenvalue weighted by Crippen LogP contribution is 2.27. The number of hydrogen-bond acceptors (Lipinski definition) is 4. The number of methoxy groups -OCH3 is 1. The van der Waals surface area contributed by atoms with Crippen LogP contribution in [0.2, 0.25) is 0 Å². The molecule has 1 heterocycles. The van der Waals surface area contributed by atoms with Gasteiger partial charge < -0.3 is 10.1 Å². The van der Waals surface area contributed by atoms with E-state index in [-0.39, 0.29) is 29.7 Å². The summed E-state index contributed by atoms with van der Waals surface area (Å²) in [6, 6.07) is -0.335. The van der Waals surface area contributed by atoms with Gasteiger partial charge in [-0.2, -0.15) is 0 Å². The highest BCUT2D eigenvalue weighted by atomic mass is 16.5. The van der Waals surface area contributed by atoms with E-state index in [0.717, 1.165) is 64.2 Å². The smallest absolute Gasteiger partial charge is 0.257 e. The maximum Gasteiger partial charge on any atom is 0.257 e. The molecule has 0 saturated heterocycles. The van der Waals surface area contributed by atoms with E-state index in [1.165, 1.54) is 17.4 Å². The minimum atomic E-state index is -0.335. The largest absolute Gasteiger partial charge is 0.499 e. The monoisotopic (exact) mass is 448 g/mol. The predicted molar refractivity (Wildman–Crippen MR) is 129 cm³/mol. The predicted octanol–water partition coefficient (Wildman–Crippen LogP) is 5.28. The van der Waals surface area contributed by atoms with Crippen LogP contribution in [0.1, 0.15) is 97.3 Å². The van der Waals surface area contributed by atoms with Crippen molar-refractivity contribution >= 4 is 17.7 Å². The molecule has 0 unspecified atom stereocenters. The van der Waals surface area contributed by atoms with Gasteiger partial charge in [0.25, 0.3) is 5.91 Å². The number of amides is 3. The molecule has 0 aromatic carbocycles. The molecule has 0 bridgehead atoms. The van der Waals surface area contributed by atoms with Crippen LogP contribution in [0.4, 0.5) is 0 Å². The van der Waals surface area contributed by atoms with Crippen molar-refractivity contribution in [3.63, 3.8) is 0 Å². The molecule has 0 aromatic rings. The van der Waals surface area contributed by atoms with Gasteiger partial charge in [0.2, 0.25) is 11.8 Å². The Balaban J connectivity index is 2.41. The number of carbonyl (C=O) groups excluding carboxylic acids is 3. The highest BCUT2D eigenvalue weighted by Gasteiger charge is 2.39. The van der Waals surface area contributed by atoms with Crippen LogP contribution in [0.25, 0.3) is 0 Å². The molecule has 0 aromatic heterocycles. The van der Waals surface area contributed by atoms with E-state index in [9.17, 15) is 14.4 Å². The van der Waals surface area contributed by atoms with Crippen LogP contribution in [-0.4, -0.2) is 42.3 Å². The average molecular weight is 449 g/mol. The van der Waals surface area contributed by atoms with Gasteiger partial charge in [-0.05, 0) is 44.9 Å². The minimum absolute atomic E-state index is 0.0887. The molecule has 0 aliphatic carbocycles. The van der Waals surface area contributed by atoms with Crippen molar-refractivity contribution in [1.82, 2.24) is 10.2 Å². The molecule has 0 radical (unpaired) electrons. The molecule has 6 nitrogen and oxygen atoms in total. The first-order valence-electron chi connectivity index (χ1n) is 12.5. The minimum Gasteiger partial charge on any atom is -0.499 e. The summed E-state index contributed by atoms with van der Waals surface area (Å²) < 4.78 is 5.41. The average Bonchev–Trinajstić information content (AvgIpc) is 3.10. The van der Waals surface area contributed by atoms with Crippen LogP contribution in [0.15, 0.2) is 24.5 Å². The first kappa shape index (κ1) is 27.9. The third-order valence-corrected chi connectivity index (χ3v) is 6.07. The zero-order valence-corrected chi connectivity index (χ0v) is 20.5. The molecule has 1 rings (SSSR count). The zero-order valence-electron chi connectivity index (χ0n) is 20.5. The van der Waals surface area contributed by atoms with E-state index in [2.05, 4.69) is 18.8 Å². The molecule has 1 aliphatic rings. The van der Waals surface area contributed by atoms with Gasteiger partial charge in [-0.3, -0.25) is 19.3 Å². The molecule has 0 fully saturated rings. The topological polar surface area (TPSA) is 75.7 Å². The molecule has 0 spiro atoms. The molecule has 182 valence electrons. The molecule has 3 amide bonds. The lowest BCUT2D eigenvalue weighted by Crippen LogP contribution is -2.43. The number of carbonyl (C=O) groups is 3. The molecule has 6 heteroatoms. The summed E-state index contributed by atoms with van der Waals surface area (Å²) in [5.74, 6) is 0.0937. The molecule has 1 aliphatic heterocycles. The van der Waals surface area contributed by atoms with E-state index in [1.54, 1.807) is 7.11 Å². The Morgan fingerprint density at radius 2 is 1.91 bits per heavy atom. The lowest BCUT2D eigenvalue weighted by Gasteiger charge is -2.27. The third-order valence-electron chi connectivity index (χ3n) is 6.07. The van der Waals surface area contributed by atoms with Gasteiger partial charge in [-0.1, -0.05) is 52.0 Å². The van der Waals surface area contributed by atoms with Gasteiger partial charge in [0, 0.05) is 25.0 Å². The Bertz CT molecular complexity index is 629. The van der Waals surface area contributed by atoms with Gasteiger partial charge in [0.05, 0.1) is 13.2 Å². The Morgan fingerprint density at radius 1 is 1.16 bits per heavy atom. The maximum absolute atomic E-state index is 13.0. The molecular formula is C26H44N2O4. The number of allylic oxidation sites excluding steroid dienone is 1. The van der Waals surface area contributed by atoms with Crippen LogP contribution < -0.4 is 5.32 Å². The second-order valence-electron chi connectivity index (χ2n) is 8.80. The Kier molecular flexibility index (Phi) is 14.4. The van der Waals surface area contributed by atoms with Crippen LogP contribution >= 0.6 is 0 Å². The van der Waals surface area contributed by atoms with Gasteiger partial charge in [0.15, 0.2) is 0 Å². The Labute approximate surface area is 194 Å². The number of ether oxygens (including phenoxy) is 1. The second kappa shape index (κ2) is 16.5. The fraction of sp³-hybridized carbons (Fsp3) is 0.731. The van der Waals surface area contributed by atoms with Crippen molar-refractivity contribution in [2.24, 2.45) is 5.92 Å². The quantitative estimate of drug-likeness (QED) is 0.228. The SMILES string of the molecule is C=CCCCCCC(=O)NCCCC[C@H]1C(OC)=CC(=O)N1C(=O)[C@H](C)CCCCCC. The first-order valence-corrected chi connectivity index (χ1v) is 12.5. The fourth-order valence-electron chi connectivity index (χ4n) is 4.06. The third kappa shape index (κ3) is 10.0. The van der Waals surface area contributed by atoms with Gasteiger partial charge in [0.1, 0.15) is 5.76 Å². The van der Waals surface area contributed by atoms with Crippen LogP contribution in [0.5, 0.6) is 0 Å². The van der Waals surface area contributed by atoms with Crippen LogP contribution in [-0.2, 0) is 19.1 Å². The van der Waals surface area contributed by atoms with Crippen molar-refractivity contribution in [2.75, 3.05) is 13.7 Å². The van der Waals surface area contributed by atoms with Gasteiger partial charge in [-0.25, -0.2) is 0 Å². The number of rotatable bonds is 18. The summed E-state index contributed by atoms with van der Waals surface area (Å²) in [5, 5.41) is 2.97. The lowest BCUT2D eigenvalue weighted by atomic mass is 9.99. The number of nitrogens with one attached hydrogen (secondary N) is 1. The zero-order chi connectivity index (χ0) is 23.8. The van der Waals surface area contributed by atoms with Crippen molar-refractivity contribution in [1.29, 1.82) is 0 Å². The van der Waals surface area contributed by atoms with Crippen LogP contribution in [0, 0.1) is 5.92 Å². The number of nitrogens with zero attached hydrogens (tertiary/aromatic N) is 1. The summed E-state index contributed by atoms with van der Waals surface area (Å²) in [7, 11) is 1.55. The van der Waals surface area contributed by atoms with E-state index < -0.39 is 0 Å². The molecular weight excluding hydrogens is 404 g/mol. The second-order valence-corrected chi connectivity index (χ2v) is 8.80. The standard InChI is InChI=1S/C26H44N2O4/c1-5-7-9-11-13-18-24(29)27-19-15-14-17-22-23(32-4)20-25(30)28(22)26(31)21(3)16-12-10-8-6-2/h5,20-22H,1,6-19H2,2-4H3,(H,27,29)/t21-,22+/m1/s1. The van der Waals surface area contributed by atoms with E-state index in [0.29, 0.717) is 25.1 Å². The summed E-state index contributed by atoms with van der Waals surface area (Å²) in [5.41, 5.74) is 0. The molecule has 0 saturated carbocycles. The molecule has 2 atom stereocenters. The number of imide groups is 1. The molecule has 32 heavy (non-hydrogen) atoms. The maximum atomic E-state index is 13.0. The molecule has 1 N–H and O–H groups in total. The Hall–Kier alpha value is -2.11. The van der Waals surface area contributed by atoms with Crippen molar-refractivity contribution in [2.45, 2.75) is 103 Å². The fourth-order valence-corrected chi connectivity index (χ4v) is 4.06. The normalized spacial score (nSPS) is 16.6. The van der Waals surface area contributed by atoms with Gasteiger partial charge in [-0.15, -0.1) is 6.58 Å². The van der Waals surface area contributed by atoms with Crippen molar-refractivity contribution in [3.05, 3.63) is 24.5 Å². The van der Waals surface area contributed by atoms with Gasteiger partial charge >= 0.3 is 0 Å². The summed E-state index contributed by atoms with van der Waals surface area (Å²) in [6.45, 7) is 8.39. The van der Waals surface area contributed by atoms with E-state index in [4.69, 9.17) is 4.74 Å². The summed E-state index contributed by atoms with van der Waals surface area (Å²) in [6.07, 6.45) is 15.5. The Morgan fingerprint density at radius 3 is 2.59 bits per heavy atom. The van der Waals surface area contributed by atoms with E-state index >= 15 is 0 Å². The lowest BCUT2D eigenvalue weighted by molar-refractivity contribution is -0.146. The highest BCUT2D eigenvalue weighted by molar-refractivity contribution is 6.04. The number of unbranched alkanes of at least 4 members (excludes halogenated alkanes) is 7. The van der Waals surface area contributed by atoms with E-state index in [1.807, 2.05) is 13.0 Å². The summed E-state index contributed by atoms with van der Waals surface area (Å²) in [4.78, 5) is 38.8. The van der Waals surface area contributed by atoms with Crippen LogP contribution in [0.3, 0.4) is 0 Å². The summed E-state index contributed by atoms with van der Waals surface area (Å²) >= 11 is 0. The van der Waals surface area contributed by atoms with Crippen molar-refractivity contribution in [3.8, 4) is 0 Å².